The second kappa shape index (κ2) is 8.63. The van der Waals surface area contributed by atoms with Gasteiger partial charge in [0, 0.05) is 24.3 Å². The molecule has 1 aliphatic heterocycles. The smallest absolute Gasteiger partial charge is 0.360 e. The van der Waals surface area contributed by atoms with Crippen LogP contribution in [-0.2, 0) is 11.0 Å². The molecule has 1 aromatic rings. The number of likely N-dealkylation sites (N-methyl/N-ethyl adjacent to an activating group) is 1. The average molecular weight is 401 g/mol. The molecule has 1 amide bonds. The van der Waals surface area contributed by atoms with Gasteiger partial charge < -0.3 is 15.1 Å². The van der Waals surface area contributed by atoms with Crippen LogP contribution in [0.2, 0.25) is 5.02 Å². The van der Waals surface area contributed by atoms with Gasteiger partial charge in [0.25, 0.3) is 5.91 Å². The van der Waals surface area contributed by atoms with E-state index in [1.54, 1.807) is 13.1 Å². The Kier molecular flexibility index (Phi) is 6.73. The Bertz CT molecular complexity index is 765. The van der Waals surface area contributed by atoms with Crippen LogP contribution in [0.5, 0.6) is 0 Å². The van der Waals surface area contributed by atoms with Crippen molar-refractivity contribution < 1.29 is 18.0 Å². The van der Waals surface area contributed by atoms with Crippen molar-refractivity contribution in [1.29, 1.82) is 5.26 Å². The van der Waals surface area contributed by atoms with Crippen molar-refractivity contribution in [3.63, 3.8) is 0 Å². The summed E-state index contributed by atoms with van der Waals surface area (Å²) in [6, 6.07) is 4.99. The summed E-state index contributed by atoms with van der Waals surface area (Å²) in [7, 11) is 3.60. The molecule has 0 unspecified atom stereocenters. The number of nitrogens with one attached hydrogen (secondary N) is 1. The number of alkyl halides is 3. The quantitative estimate of drug-likeness (QED) is 0.618. The molecule has 0 atom stereocenters. The molecule has 146 valence electrons. The van der Waals surface area contributed by atoms with Gasteiger partial charge >= 0.3 is 6.18 Å². The molecule has 0 radical (unpaired) electrons. The van der Waals surface area contributed by atoms with Gasteiger partial charge in [0.2, 0.25) is 0 Å². The van der Waals surface area contributed by atoms with Gasteiger partial charge in [-0.15, -0.1) is 0 Å². The molecule has 0 aromatic heterocycles. The third-order valence-electron chi connectivity index (χ3n) is 4.57. The highest BCUT2D eigenvalue weighted by Gasteiger charge is 2.34. The summed E-state index contributed by atoms with van der Waals surface area (Å²) in [6.45, 7) is 1.68. The molecule has 0 aliphatic carbocycles. The van der Waals surface area contributed by atoms with Crippen LogP contribution in [0.3, 0.4) is 0 Å². The number of benzene rings is 1. The summed E-state index contributed by atoms with van der Waals surface area (Å²) >= 11 is 5.64. The van der Waals surface area contributed by atoms with Gasteiger partial charge in [0.05, 0.1) is 11.3 Å². The summed E-state index contributed by atoms with van der Waals surface area (Å²) in [5.74, 6) is -0.526. The van der Waals surface area contributed by atoms with Crippen LogP contribution in [0.15, 0.2) is 30.0 Å². The number of carbonyl (C=O) groups excluding carboxylic acids is 1. The zero-order chi connectivity index (χ0) is 20.2. The lowest BCUT2D eigenvalue weighted by Gasteiger charge is -2.35. The third-order valence-corrected chi connectivity index (χ3v) is 4.80. The monoisotopic (exact) mass is 400 g/mol. The summed E-state index contributed by atoms with van der Waals surface area (Å²) in [4.78, 5) is 16.2. The molecule has 1 N–H and O–H groups in total. The number of nitrogens with zero attached hydrogens (tertiary/aromatic N) is 3. The predicted molar refractivity (Wildman–Crippen MR) is 97.1 cm³/mol. The fourth-order valence-corrected chi connectivity index (χ4v) is 3.08. The summed E-state index contributed by atoms with van der Waals surface area (Å²) < 4.78 is 39.4. The summed E-state index contributed by atoms with van der Waals surface area (Å²) in [5.41, 5.74) is -1.52. The van der Waals surface area contributed by atoms with Gasteiger partial charge in [0.15, 0.2) is 0 Å². The highest BCUT2D eigenvalue weighted by Crippen LogP contribution is 2.36. The molecule has 2 rings (SSSR count). The standard InChI is InChI=1S/C18H20ClF3N4O/c1-25-7-5-14(6-8-25)26(2)17(27)12(10-23)11-24-16-4-3-13(19)9-15(16)18(20,21)22/h3-4,9,11,14,24H,5-8H2,1-2H3/b12-11-. The molecular weight excluding hydrogens is 381 g/mol. The maximum absolute atomic E-state index is 13.1. The zero-order valence-electron chi connectivity index (χ0n) is 15.0. The van der Waals surface area contributed by atoms with Crippen molar-refractivity contribution in [1.82, 2.24) is 9.80 Å². The van der Waals surface area contributed by atoms with Gasteiger partial charge in [-0.25, -0.2) is 0 Å². The van der Waals surface area contributed by atoms with E-state index < -0.39 is 17.6 Å². The van der Waals surface area contributed by atoms with E-state index in [2.05, 4.69) is 10.2 Å². The number of likely N-dealkylation sites (tertiary alicyclic amines) is 1. The van der Waals surface area contributed by atoms with E-state index in [1.807, 2.05) is 7.05 Å². The Morgan fingerprint density at radius 3 is 2.59 bits per heavy atom. The van der Waals surface area contributed by atoms with Crippen LogP contribution >= 0.6 is 11.6 Å². The topological polar surface area (TPSA) is 59.4 Å². The second-order valence-electron chi connectivity index (χ2n) is 6.45. The first kappa shape index (κ1) is 21.1. The van der Waals surface area contributed by atoms with E-state index >= 15 is 0 Å². The minimum Gasteiger partial charge on any atom is -0.360 e. The van der Waals surface area contributed by atoms with Crippen molar-refractivity contribution in [3.05, 3.63) is 40.6 Å². The molecular formula is C18H20ClF3N4O. The van der Waals surface area contributed by atoms with Crippen molar-refractivity contribution in [2.24, 2.45) is 0 Å². The van der Waals surface area contributed by atoms with Crippen molar-refractivity contribution in [2.75, 3.05) is 32.5 Å². The van der Waals surface area contributed by atoms with Gasteiger partial charge in [0.1, 0.15) is 11.6 Å². The highest BCUT2D eigenvalue weighted by molar-refractivity contribution is 6.30. The zero-order valence-corrected chi connectivity index (χ0v) is 15.7. The second-order valence-corrected chi connectivity index (χ2v) is 6.89. The summed E-state index contributed by atoms with van der Waals surface area (Å²) in [5, 5.41) is 11.6. The molecule has 0 bridgehead atoms. The fourth-order valence-electron chi connectivity index (χ4n) is 2.91. The summed E-state index contributed by atoms with van der Waals surface area (Å²) in [6.07, 6.45) is -2.06. The molecule has 27 heavy (non-hydrogen) atoms. The minimum absolute atomic E-state index is 0.00767. The van der Waals surface area contributed by atoms with E-state index in [1.165, 1.54) is 11.0 Å². The van der Waals surface area contributed by atoms with Crippen molar-refractivity contribution >= 4 is 23.2 Å². The number of amides is 1. The predicted octanol–water partition coefficient (Wildman–Crippen LogP) is 3.73. The maximum atomic E-state index is 13.1. The minimum atomic E-state index is -4.62. The van der Waals surface area contributed by atoms with E-state index in [0.29, 0.717) is 0 Å². The van der Waals surface area contributed by atoms with Gasteiger partial charge in [-0.3, -0.25) is 4.79 Å². The van der Waals surface area contributed by atoms with Crippen LogP contribution < -0.4 is 5.32 Å². The number of piperidine rings is 1. The molecule has 1 aliphatic rings. The lowest BCUT2D eigenvalue weighted by molar-refractivity contribution is -0.137. The Labute approximate surface area is 161 Å². The van der Waals surface area contributed by atoms with E-state index in [-0.39, 0.29) is 22.3 Å². The van der Waals surface area contributed by atoms with Crippen LogP contribution in [-0.4, -0.2) is 48.9 Å². The molecule has 1 fully saturated rings. The Balaban J connectivity index is 2.17. The highest BCUT2D eigenvalue weighted by atomic mass is 35.5. The van der Waals surface area contributed by atoms with Crippen LogP contribution in [0.25, 0.3) is 0 Å². The van der Waals surface area contributed by atoms with Crippen LogP contribution in [0.1, 0.15) is 18.4 Å². The first-order valence-electron chi connectivity index (χ1n) is 8.32. The van der Waals surface area contributed by atoms with Crippen LogP contribution in [0.4, 0.5) is 18.9 Å². The fraction of sp³-hybridized carbons (Fsp3) is 0.444. The number of anilines is 1. The molecule has 1 saturated heterocycles. The Hall–Kier alpha value is -2.24. The SMILES string of the molecule is CN1CCC(N(C)C(=O)/C(C#N)=C\Nc2ccc(Cl)cc2C(F)(F)F)CC1. The Morgan fingerprint density at radius 2 is 2.04 bits per heavy atom. The Morgan fingerprint density at radius 1 is 1.41 bits per heavy atom. The van der Waals surface area contributed by atoms with Gasteiger partial charge in [-0.2, -0.15) is 18.4 Å². The number of hydrogen-bond acceptors (Lipinski definition) is 4. The van der Waals surface area contributed by atoms with E-state index in [9.17, 15) is 23.2 Å². The van der Waals surface area contributed by atoms with Crippen molar-refractivity contribution in [3.8, 4) is 6.07 Å². The van der Waals surface area contributed by atoms with Gasteiger partial charge in [-0.1, -0.05) is 11.6 Å². The molecule has 5 nitrogen and oxygen atoms in total. The van der Waals surface area contributed by atoms with Gasteiger partial charge in [-0.05, 0) is 51.2 Å². The maximum Gasteiger partial charge on any atom is 0.418 e. The molecule has 1 aromatic carbocycles. The number of carbonyl (C=O) groups is 1. The first-order chi connectivity index (χ1) is 12.6. The first-order valence-corrected chi connectivity index (χ1v) is 8.70. The number of nitriles is 1. The van der Waals surface area contributed by atoms with E-state index in [0.717, 1.165) is 44.3 Å². The molecule has 9 heteroatoms. The largest absolute Gasteiger partial charge is 0.418 e. The molecule has 1 heterocycles. The lowest BCUT2D eigenvalue weighted by atomic mass is 10.0. The lowest BCUT2D eigenvalue weighted by Crippen LogP contribution is -2.44. The average Bonchev–Trinajstić information content (AvgIpc) is 2.62. The van der Waals surface area contributed by atoms with Crippen molar-refractivity contribution in [2.45, 2.75) is 25.1 Å². The number of rotatable bonds is 4. The number of hydrogen-bond donors (Lipinski definition) is 1. The normalized spacial score (nSPS) is 16.7. The van der Waals surface area contributed by atoms with E-state index in [4.69, 9.17) is 11.6 Å². The molecule has 0 spiro atoms. The molecule has 0 saturated carbocycles. The van der Waals surface area contributed by atoms with Crippen LogP contribution in [0, 0.1) is 11.3 Å². The third kappa shape index (κ3) is 5.37. The number of halogens is 4.